The number of carbonyl (C=O) groups excluding carboxylic acids is 1. The van der Waals surface area contributed by atoms with Crippen LogP contribution in [0, 0.1) is 0 Å². The Balaban J connectivity index is 2.12. The van der Waals surface area contributed by atoms with Crippen molar-refractivity contribution in [2.24, 2.45) is 0 Å². The van der Waals surface area contributed by atoms with Crippen molar-refractivity contribution in [2.45, 2.75) is 26.1 Å². The lowest BCUT2D eigenvalue weighted by atomic mass is 10.1. The molecule has 0 aliphatic rings. The Kier molecular flexibility index (Phi) is 5.40. The molecule has 122 valence electrons. The van der Waals surface area contributed by atoms with Gasteiger partial charge in [0.2, 0.25) is 0 Å². The molecule has 0 saturated carbocycles. The third kappa shape index (κ3) is 5.11. The molecule has 0 spiro atoms. The molecule has 2 aromatic carbocycles. The molecule has 1 amide bonds. The number of benzene rings is 2. The maximum Gasteiger partial charge on any atom is 0.254 e. The quantitative estimate of drug-likeness (QED) is 0.891. The Hall–Kier alpha value is -2.33. The normalized spacial score (nSPS) is 11.1. The number of aliphatic hydroxyl groups is 1. The van der Waals surface area contributed by atoms with E-state index in [-0.39, 0.29) is 12.5 Å². The molecule has 0 aliphatic heterocycles. The van der Waals surface area contributed by atoms with E-state index in [0.717, 1.165) is 11.3 Å². The fourth-order valence-electron chi connectivity index (χ4n) is 2.39. The zero-order chi connectivity index (χ0) is 16.9. The van der Waals surface area contributed by atoms with Crippen molar-refractivity contribution < 1.29 is 14.6 Å². The Bertz CT molecular complexity index is 647. The van der Waals surface area contributed by atoms with Gasteiger partial charge < -0.3 is 14.7 Å². The van der Waals surface area contributed by atoms with Crippen LogP contribution in [0.2, 0.25) is 0 Å². The number of ether oxygens (including phenoxy) is 1. The molecule has 0 saturated heterocycles. The summed E-state index contributed by atoms with van der Waals surface area (Å²) < 4.78 is 5.74. The zero-order valence-corrected chi connectivity index (χ0v) is 13.8. The number of nitrogens with zero attached hydrogens (tertiary/aromatic N) is 1. The fourth-order valence-corrected chi connectivity index (χ4v) is 2.39. The highest BCUT2D eigenvalue weighted by Crippen LogP contribution is 2.17. The molecule has 4 nitrogen and oxygen atoms in total. The minimum Gasteiger partial charge on any atom is -0.489 e. The summed E-state index contributed by atoms with van der Waals surface area (Å²) in [7, 11) is 1.69. The second kappa shape index (κ2) is 7.29. The predicted octanol–water partition coefficient (Wildman–Crippen LogP) is 3.11. The summed E-state index contributed by atoms with van der Waals surface area (Å²) in [5.74, 6) is 0.638. The van der Waals surface area contributed by atoms with Crippen LogP contribution in [0.1, 0.15) is 29.8 Å². The second-order valence-corrected chi connectivity index (χ2v) is 6.23. The molecule has 23 heavy (non-hydrogen) atoms. The largest absolute Gasteiger partial charge is 0.489 e. The van der Waals surface area contributed by atoms with Crippen molar-refractivity contribution in [3.8, 4) is 5.75 Å². The van der Waals surface area contributed by atoms with E-state index >= 15 is 0 Å². The van der Waals surface area contributed by atoms with Crippen LogP contribution in [0.25, 0.3) is 0 Å². The number of likely N-dealkylation sites (N-methyl/N-ethyl adjacent to an activating group) is 1. The van der Waals surface area contributed by atoms with Gasteiger partial charge in [0.05, 0.1) is 5.60 Å². The van der Waals surface area contributed by atoms with Gasteiger partial charge in [-0.2, -0.15) is 0 Å². The van der Waals surface area contributed by atoms with Gasteiger partial charge in [-0.25, -0.2) is 0 Å². The van der Waals surface area contributed by atoms with Gasteiger partial charge in [-0.1, -0.05) is 36.4 Å². The van der Waals surface area contributed by atoms with Gasteiger partial charge in [0, 0.05) is 24.7 Å². The number of rotatable bonds is 6. The van der Waals surface area contributed by atoms with E-state index in [1.165, 1.54) is 4.90 Å². The summed E-state index contributed by atoms with van der Waals surface area (Å²) in [6, 6.07) is 16.9. The van der Waals surface area contributed by atoms with Crippen LogP contribution < -0.4 is 4.74 Å². The Morgan fingerprint density at radius 1 is 1.09 bits per heavy atom. The predicted molar refractivity (Wildman–Crippen MR) is 90.5 cm³/mol. The SMILES string of the molecule is CN(CC(C)(C)O)C(=O)c1ccccc1COc1ccccc1. The zero-order valence-electron chi connectivity index (χ0n) is 13.8. The molecule has 0 atom stereocenters. The van der Waals surface area contributed by atoms with Gasteiger partial charge in [0.1, 0.15) is 12.4 Å². The highest BCUT2D eigenvalue weighted by Gasteiger charge is 2.22. The molecule has 0 aliphatic carbocycles. The topological polar surface area (TPSA) is 49.8 Å². The highest BCUT2D eigenvalue weighted by molar-refractivity contribution is 5.95. The van der Waals surface area contributed by atoms with Crippen LogP contribution in [-0.4, -0.2) is 35.1 Å². The molecule has 0 bridgehead atoms. The third-order valence-electron chi connectivity index (χ3n) is 3.36. The molecule has 0 fully saturated rings. The van der Waals surface area contributed by atoms with E-state index in [4.69, 9.17) is 4.74 Å². The second-order valence-electron chi connectivity index (χ2n) is 6.23. The molecular formula is C19H23NO3. The van der Waals surface area contributed by atoms with Crippen LogP contribution in [0.15, 0.2) is 54.6 Å². The summed E-state index contributed by atoms with van der Waals surface area (Å²) in [6.45, 7) is 3.95. The smallest absolute Gasteiger partial charge is 0.254 e. The monoisotopic (exact) mass is 313 g/mol. The minimum absolute atomic E-state index is 0.126. The van der Waals surface area contributed by atoms with Crippen molar-refractivity contribution in [1.29, 1.82) is 0 Å². The van der Waals surface area contributed by atoms with E-state index < -0.39 is 5.60 Å². The van der Waals surface area contributed by atoms with Gasteiger partial charge in [-0.15, -0.1) is 0 Å². The van der Waals surface area contributed by atoms with E-state index in [2.05, 4.69) is 0 Å². The Labute approximate surface area is 137 Å². The molecule has 0 unspecified atom stereocenters. The van der Waals surface area contributed by atoms with Crippen molar-refractivity contribution in [1.82, 2.24) is 4.90 Å². The maximum absolute atomic E-state index is 12.6. The van der Waals surface area contributed by atoms with Crippen molar-refractivity contribution in [3.05, 3.63) is 65.7 Å². The lowest BCUT2D eigenvalue weighted by Gasteiger charge is -2.26. The summed E-state index contributed by atoms with van der Waals surface area (Å²) in [4.78, 5) is 14.1. The number of para-hydroxylation sites is 1. The van der Waals surface area contributed by atoms with Crippen molar-refractivity contribution in [2.75, 3.05) is 13.6 Å². The average Bonchev–Trinajstić information content (AvgIpc) is 2.52. The van der Waals surface area contributed by atoms with Crippen LogP contribution in [0.5, 0.6) is 5.75 Å². The summed E-state index contributed by atoms with van der Waals surface area (Å²) in [6.07, 6.45) is 0. The number of carbonyl (C=O) groups is 1. The summed E-state index contributed by atoms with van der Waals surface area (Å²) >= 11 is 0. The van der Waals surface area contributed by atoms with Gasteiger partial charge in [-0.05, 0) is 32.0 Å². The van der Waals surface area contributed by atoms with Gasteiger partial charge in [-0.3, -0.25) is 4.79 Å². The van der Waals surface area contributed by atoms with Crippen molar-refractivity contribution >= 4 is 5.91 Å². The first-order valence-electron chi connectivity index (χ1n) is 7.60. The van der Waals surface area contributed by atoms with Crippen molar-refractivity contribution in [3.63, 3.8) is 0 Å². The van der Waals surface area contributed by atoms with E-state index in [1.54, 1.807) is 27.0 Å². The minimum atomic E-state index is -0.931. The molecule has 2 rings (SSSR count). The van der Waals surface area contributed by atoms with E-state index in [1.807, 2.05) is 48.5 Å². The van der Waals surface area contributed by atoms with Gasteiger partial charge in [0.15, 0.2) is 0 Å². The Morgan fingerprint density at radius 2 is 1.70 bits per heavy atom. The molecule has 2 aromatic rings. The maximum atomic E-state index is 12.6. The molecule has 4 heteroatoms. The molecule has 1 N–H and O–H groups in total. The van der Waals surface area contributed by atoms with Crippen LogP contribution in [-0.2, 0) is 6.61 Å². The molecule has 0 radical (unpaired) electrons. The first-order valence-corrected chi connectivity index (χ1v) is 7.60. The lowest BCUT2D eigenvalue weighted by molar-refractivity contribution is 0.0366. The third-order valence-corrected chi connectivity index (χ3v) is 3.36. The highest BCUT2D eigenvalue weighted by atomic mass is 16.5. The first-order chi connectivity index (χ1) is 10.9. The first kappa shape index (κ1) is 17.0. The molecular weight excluding hydrogens is 290 g/mol. The van der Waals surface area contributed by atoms with E-state index in [0.29, 0.717) is 12.2 Å². The van der Waals surface area contributed by atoms with Gasteiger partial charge >= 0.3 is 0 Å². The van der Waals surface area contributed by atoms with Crippen LogP contribution in [0.3, 0.4) is 0 Å². The van der Waals surface area contributed by atoms with E-state index in [9.17, 15) is 9.90 Å². The van der Waals surface area contributed by atoms with Crippen LogP contribution in [0.4, 0.5) is 0 Å². The summed E-state index contributed by atoms with van der Waals surface area (Å²) in [5.41, 5.74) is 0.485. The fraction of sp³-hybridized carbons (Fsp3) is 0.316. The van der Waals surface area contributed by atoms with Crippen LogP contribution >= 0.6 is 0 Å². The average molecular weight is 313 g/mol. The number of amides is 1. The number of hydrogen-bond donors (Lipinski definition) is 1. The lowest BCUT2D eigenvalue weighted by Crippen LogP contribution is -2.40. The standard InChI is InChI=1S/C19H23NO3/c1-19(2,22)14-20(3)18(21)17-12-8-7-9-15(17)13-23-16-10-5-4-6-11-16/h4-12,22H,13-14H2,1-3H3. The van der Waals surface area contributed by atoms with Gasteiger partial charge in [0.25, 0.3) is 5.91 Å². The Morgan fingerprint density at radius 3 is 2.35 bits per heavy atom. The summed E-state index contributed by atoms with van der Waals surface area (Å²) in [5, 5.41) is 9.89. The molecule has 0 aromatic heterocycles. The number of hydrogen-bond acceptors (Lipinski definition) is 3. The molecule has 0 heterocycles.